The van der Waals surface area contributed by atoms with Crippen LogP contribution in [0.15, 0.2) is 18.2 Å². The number of aromatic hydroxyl groups is 3. The van der Waals surface area contributed by atoms with E-state index in [1.54, 1.807) is 0 Å². The Morgan fingerprint density at radius 1 is 0.875 bits per heavy atom. The van der Waals surface area contributed by atoms with Gasteiger partial charge in [-0.2, -0.15) is 0 Å². The van der Waals surface area contributed by atoms with Gasteiger partial charge in [-0.25, -0.2) is 9.59 Å². The number of benzene rings is 2. The average Bonchev–Trinajstić information content (AvgIpc) is 2.43. The van der Waals surface area contributed by atoms with E-state index in [1.807, 2.05) is 0 Å². The summed E-state index contributed by atoms with van der Waals surface area (Å²) in [5, 5.41) is 38.4. The molecule has 0 spiro atoms. The maximum absolute atomic E-state index is 12.3. The zero-order valence-corrected chi connectivity index (χ0v) is 13.2. The van der Waals surface area contributed by atoms with Crippen molar-refractivity contribution in [2.24, 2.45) is 0 Å². The van der Waals surface area contributed by atoms with Gasteiger partial charge in [-0.15, -0.1) is 0 Å². The van der Waals surface area contributed by atoms with Gasteiger partial charge in [0.05, 0.1) is 0 Å². The third kappa shape index (κ3) is 2.96. The molecule has 0 aliphatic carbocycles. The second-order valence-corrected chi connectivity index (χ2v) is 5.39. The number of phenolic OH excluding ortho intramolecular Hbond substituents is 2. The molecule has 0 atom stereocenters. The van der Waals surface area contributed by atoms with Gasteiger partial charge in [0.2, 0.25) is 0 Å². The second-order valence-electron chi connectivity index (χ2n) is 5.39. The Balaban J connectivity index is 2.42. The number of carboxylic acids is 1. The molecule has 24 heavy (non-hydrogen) atoms. The van der Waals surface area contributed by atoms with E-state index < -0.39 is 23.4 Å². The molecule has 0 heterocycles. The summed E-state index contributed by atoms with van der Waals surface area (Å²) in [5.74, 6) is -3.35. The van der Waals surface area contributed by atoms with Crippen molar-refractivity contribution in [1.29, 1.82) is 0 Å². The minimum atomic E-state index is -1.30. The molecule has 0 aliphatic rings. The summed E-state index contributed by atoms with van der Waals surface area (Å²) in [6.45, 7) is 4.41. The number of esters is 1. The number of aromatic carboxylic acids is 1. The lowest BCUT2D eigenvalue weighted by atomic mass is 10.0. The maximum Gasteiger partial charge on any atom is 0.347 e. The van der Waals surface area contributed by atoms with Gasteiger partial charge in [-0.1, -0.05) is 0 Å². The summed E-state index contributed by atoms with van der Waals surface area (Å²) in [4.78, 5) is 23.3. The van der Waals surface area contributed by atoms with Crippen molar-refractivity contribution in [3.8, 4) is 23.0 Å². The summed E-state index contributed by atoms with van der Waals surface area (Å²) >= 11 is 0. The number of aryl methyl sites for hydroxylation is 2. The molecule has 0 saturated heterocycles. The van der Waals surface area contributed by atoms with Gasteiger partial charge >= 0.3 is 11.9 Å². The Labute approximate surface area is 137 Å². The Kier molecular flexibility index (Phi) is 4.37. The predicted molar refractivity (Wildman–Crippen MR) is 84.0 cm³/mol. The highest BCUT2D eigenvalue weighted by atomic mass is 16.5. The van der Waals surface area contributed by atoms with E-state index in [4.69, 9.17) is 9.84 Å². The lowest BCUT2D eigenvalue weighted by Gasteiger charge is -2.13. The van der Waals surface area contributed by atoms with Crippen LogP contribution in [-0.4, -0.2) is 32.4 Å². The van der Waals surface area contributed by atoms with Crippen molar-refractivity contribution in [1.82, 2.24) is 0 Å². The highest BCUT2D eigenvalue weighted by Crippen LogP contribution is 2.34. The Morgan fingerprint density at radius 2 is 1.46 bits per heavy atom. The van der Waals surface area contributed by atoms with Crippen LogP contribution in [0.5, 0.6) is 23.0 Å². The Bertz CT molecular complexity index is 829. The van der Waals surface area contributed by atoms with Gasteiger partial charge in [-0.3, -0.25) is 0 Å². The number of hydrogen-bond acceptors (Lipinski definition) is 6. The first kappa shape index (κ1) is 17.1. The molecule has 0 aromatic heterocycles. The molecule has 0 amide bonds. The van der Waals surface area contributed by atoms with E-state index in [-0.39, 0.29) is 33.8 Å². The molecule has 7 heteroatoms. The molecule has 7 nitrogen and oxygen atoms in total. The molecule has 126 valence electrons. The molecule has 0 radical (unpaired) electrons. The van der Waals surface area contributed by atoms with E-state index in [0.29, 0.717) is 5.56 Å². The van der Waals surface area contributed by atoms with E-state index in [1.165, 1.54) is 32.9 Å². The molecule has 0 aliphatic heterocycles. The fourth-order valence-corrected chi connectivity index (χ4v) is 2.37. The summed E-state index contributed by atoms with van der Waals surface area (Å²) < 4.78 is 5.12. The number of ether oxygens (including phenoxy) is 1. The second kappa shape index (κ2) is 6.11. The fraction of sp³-hybridized carbons (Fsp3) is 0.176. The molecular weight excluding hydrogens is 316 g/mol. The van der Waals surface area contributed by atoms with Gasteiger partial charge in [0.25, 0.3) is 0 Å². The van der Waals surface area contributed by atoms with E-state index in [2.05, 4.69) is 0 Å². The van der Waals surface area contributed by atoms with Crippen LogP contribution in [0.4, 0.5) is 0 Å². The van der Waals surface area contributed by atoms with Crippen molar-refractivity contribution in [2.75, 3.05) is 0 Å². The quantitative estimate of drug-likeness (QED) is 0.503. The van der Waals surface area contributed by atoms with Crippen molar-refractivity contribution in [3.05, 3.63) is 46.0 Å². The number of phenols is 3. The molecule has 2 rings (SSSR count). The predicted octanol–water partition coefficient (Wildman–Crippen LogP) is 2.65. The van der Waals surface area contributed by atoms with Gasteiger partial charge in [-0.05, 0) is 44.0 Å². The molecule has 0 fully saturated rings. The summed E-state index contributed by atoms with van der Waals surface area (Å²) in [6, 6.07) is 3.62. The fourth-order valence-electron chi connectivity index (χ4n) is 2.37. The monoisotopic (exact) mass is 332 g/mol. The first-order valence-corrected chi connectivity index (χ1v) is 6.94. The molecule has 0 saturated carbocycles. The van der Waals surface area contributed by atoms with Gasteiger partial charge in [0.15, 0.2) is 0 Å². The van der Waals surface area contributed by atoms with Crippen molar-refractivity contribution in [3.63, 3.8) is 0 Å². The van der Waals surface area contributed by atoms with Crippen LogP contribution >= 0.6 is 0 Å². The number of carbonyl (C=O) groups is 2. The third-order valence-electron chi connectivity index (χ3n) is 3.64. The Hall–Kier alpha value is -3.22. The number of carbonyl (C=O) groups excluding carboxylic acids is 1. The van der Waals surface area contributed by atoms with Crippen LogP contribution in [0.3, 0.4) is 0 Å². The smallest absolute Gasteiger partial charge is 0.347 e. The van der Waals surface area contributed by atoms with Crippen LogP contribution in [0.1, 0.15) is 37.4 Å². The lowest BCUT2D eigenvalue weighted by Crippen LogP contribution is -2.12. The standard InChI is InChI=1S/C17H16O7/c1-7-4-10(6-12(19)13(7)16(21)22)24-17(23)14-8(2)5-11(18)9(3)15(14)20/h4-6,18-20H,1-3H3,(H,21,22). The SMILES string of the molecule is Cc1cc(OC(=O)c2c(C)cc(O)c(C)c2O)cc(O)c1C(=O)O. The minimum absolute atomic E-state index is 0.0653. The highest BCUT2D eigenvalue weighted by molar-refractivity contribution is 5.97. The average molecular weight is 332 g/mol. The van der Waals surface area contributed by atoms with E-state index in [9.17, 15) is 24.9 Å². The van der Waals surface area contributed by atoms with Gasteiger partial charge in [0.1, 0.15) is 34.1 Å². The molecule has 4 N–H and O–H groups in total. The van der Waals surface area contributed by atoms with Crippen LogP contribution in [-0.2, 0) is 0 Å². The molecule has 0 unspecified atom stereocenters. The normalized spacial score (nSPS) is 10.5. The first-order chi connectivity index (χ1) is 11.1. The maximum atomic E-state index is 12.3. The minimum Gasteiger partial charge on any atom is -0.508 e. The number of rotatable bonds is 3. The van der Waals surface area contributed by atoms with Crippen LogP contribution in [0.25, 0.3) is 0 Å². The Morgan fingerprint density at radius 3 is 2.00 bits per heavy atom. The van der Waals surface area contributed by atoms with Crippen LogP contribution < -0.4 is 4.74 Å². The van der Waals surface area contributed by atoms with Crippen LogP contribution in [0, 0.1) is 20.8 Å². The van der Waals surface area contributed by atoms with E-state index >= 15 is 0 Å². The summed E-state index contributed by atoms with van der Waals surface area (Å²) in [6.07, 6.45) is 0. The molecule has 0 bridgehead atoms. The molecule has 2 aromatic rings. The van der Waals surface area contributed by atoms with Crippen molar-refractivity contribution < 1.29 is 34.8 Å². The zero-order valence-electron chi connectivity index (χ0n) is 13.2. The van der Waals surface area contributed by atoms with E-state index in [0.717, 1.165) is 6.07 Å². The van der Waals surface area contributed by atoms with Crippen molar-refractivity contribution >= 4 is 11.9 Å². The topological polar surface area (TPSA) is 124 Å². The van der Waals surface area contributed by atoms with Gasteiger partial charge in [0, 0.05) is 11.6 Å². The zero-order chi connectivity index (χ0) is 18.2. The summed E-state index contributed by atoms with van der Waals surface area (Å²) in [7, 11) is 0. The number of hydrogen-bond donors (Lipinski definition) is 4. The molecule has 2 aromatic carbocycles. The first-order valence-electron chi connectivity index (χ1n) is 6.94. The van der Waals surface area contributed by atoms with Crippen molar-refractivity contribution in [2.45, 2.75) is 20.8 Å². The lowest BCUT2D eigenvalue weighted by molar-refractivity contribution is 0.0692. The van der Waals surface area contributed by atoms with Gasteiger partial charge < -0.3 is 25.2 Å². The largest absolute Gasteiger partial charge is 0.508 e. The molecular formula is C17H16O7. The third-order valence-corrected chi connectivity index (χ3v) is 3.64. The van der Waals surface area contributed by atoms with Crippen LogP contribution in [0.2, 0.25) is 0 Å². The highest BCUT2D eigenvalue weighted by Gasteiger charge is 2.22. The summed E-state index contributed by atoms with van der Waals surface area (Å²) in [5.41, 5.74) is 0.253. The number of carboxylic acid groups (broad SMARTS) is 1.